The van der Waals surface area contributed by atoms with Crippen molar-refractivity contribution in [1.29, 1.82) is 0 Å². The Balaban J connectivity index is 2.19. The first-order valence-corrected chi connectivity index (χ1v) is 5.09. The predicted molar refractivity (Wildman–Crippen MR) is 60.5 cm³/mol. The first-order chi connectivity index (χ1) is 8.20. The molecule has 0 aliphatic carbocycles. The van der Waals surface area contributed by atoms with Crippen molar-refractivity contribution in [2.24, 2.45) is 0 Å². The highest BCUT2D eigenvalue weighted by molar-refractivity contribution is 6.32. The maximum absolute atomic E-state index is 11.5. The van der Waals surface area contributed by atoms with Crippen LogP contribution in [0.5, 0.6) is 5.75 Å². The molecule has 1 aromatic carbocycles. The lowest BCUT2D eigenvalue weighted by molar-refractivity contribution is 0.0701. The van der Waals surface area contributed by atoms with E-state index in [0.717, 1.165) is 0 Å². The minimum absolute atomic E-state index is 0.0838. The van der Waals surface area contributed by atoms with E-state index in [0.29, 0.717) is 11.8 Å². The van der Waals surface area contributed by atoms with Crippen LogP contribution in [0.1, 0.15) is 20.9 Å². The molecule has 0 unspecified atom stereocenters. The van der Waals surface area contributed by atoms with Gasteiger partial charge in [-0.05, 0) is 30.3 Å². The summed E-state index contributed by atoms with van der Waals surface area (Å²) < 4.78 is 9.89. The van der Waals surface area contributed by atoms with Crippen LogP contribution in [0.15, 0.2) is 41.0 Å². The van der Waals surface area contributed by atoms with Crippen LogP contribution in [-0.2, 0) is 0 Å². The zero-order valence-corrected chi connectivity index (χ0v) is 9.31. The van der Waals surface area contributed by atoms with E-state index in [1.54, 1.807) is 6.07 Å². The molecule has 0 fully saturated rings. The Morgan fingerprint density at radius 1 is 1.35 bits per heavy atom. The van der Waals surface area contributed by atoms with Crippen LogP contribution >= 0.6 is 11.6 Å². The highest BCUT2D eigenvalue weighted by atomic mass is 35.5. The van der Waals surface area contributed by atoms with Gasteiger partial charge in [-0.15, -0.1) is 0 Å². The van der Waals surface area contributed by atoms with Gasteiger partial charge in [0, 0.05) is 5.56 Å². The highest BCUT2D eigenvalue weighted by Crippen LogP contribution is 2.25. The summed E-state index contributed by atoms with van der Waals surface area (Å²) in [6.45, 7) is 0. The number of hydrogen-bond acceptors (Lipinski definition) is 4. The van der Waals surface area contributed by atoms with Gasteiger partial charge in [0.25, 0.3) is 0 Å². The lowest BCUT2D eigenvalue weighted by Crippen LogP contribution is -2.07. The lowest BCUT2D eigenvalue weighted by Gasteiger charge is -2.04. The number of halogens is 1. The summed E-state index contributed by atoms with van der Waals surface area (Å²) >= 11 is 5.85. The minimum Gasteiger partial charge on any atom is -0.457 e. The maximum atomic E-state index is 11.5. The van der Waals surface area contributed by atoms with Crippen LogP contribution in [0.2, 0.25) is 5.02 Å². The second-order valence-corrected chi connectivity index (χ2v) is 3.58. The van der Waals surface area contributed by atoms with E-state index in [1.165, 1.54) is 30.5 Å². The molecule has 4 nitrogen and oxygen atoms in total. The van der Waals surface area contributed by atoms with Crippen molar-refractivity contribution in [3.63, 3.8) is 0 Å². The van der Waals surface area contributed by atoms with Gasteiger partial charge in [0.05, 0.1) is 11.3 Å². The van der Waals surface area contributed by atoms with Crippen molar-refractivity contribution in [3.8, 4) is 5.75 Å². The fourth-order valence-electron chi connectivity index (χ4n) is 1.22. The standard InChI is InChI=1S/C12H7ClO4/c13-9-6-8(7-14)3-4-10(9)17-12(15)11-2-1-5-16-11/h1-7H. The van der Waals surface area contributed by atoms with E-state index in [4.69, 9.17) is 20.8 Å². The normalized spacial score (nSPS) is 9.94. The minimum atomic E-state index is -0.643. The molecule has 0 atom stereocenters. The molecular formula is C12H7ClO4. The van der Waals surface area contributed by atoms with E-state index >= 15 is 0 Å². The SMILES string of the molecule is O=Cc1ccc(OC(=O)c2ccco2)c(Cl)c1. The van der Waals surface area contributed by atoms with Crippen LogP contribution in [0.4, 0.5) is 0 Å². The summed E-state index contributed by atoms with van der Waals surface area (Å²) in [5.41, 5.74) is 0.410. The Morgan fingerprint density at radius 2 is 2.18 bits per heavy atom. The molecule has 0 aliphatic rings. The number of esters is 1. The molecule has 2 rings (SSSR count). The number of benzene rings is 1. The van der Waals surface area contributed by atoms with Gasteiger partial charge in [-0.25, -0.2) is 4.79 Å². The quantitative estimate of drug-likeness (QED) is 0.477. The third-order valence-electron chi connectivity index (χ3n) is 2.02. The summed E-state index contributed by atoms with van der Waals surface area (Å²) in [6.07, 6.45) is 2.03. The van der Waals surface area contributed by atoms with Crippen molar-refractivity contribution < 1.29 is 18.7 Å². The van der Waals surface area contributed by atoms with Crippen molar-refractivity contribution in [3.05, 3.63) is 52.9 Å². The zero-order valence-electron chi connectivity index (χ0n) is 8.55. The fraction of sp³-hybridized carbons (Fsp3) is 0. The number of ether oxygens (including phenoxy) is 1. The van der Waals surface area contributed by atoms with Crippen LogP contribution in [0, 0.1) is 0 Å². The largest absolute Gasteiger partial charge is 0.457 e. The second kappa shape index (κ2) is 4.84. The first-order valence-electron chi connectivity index (χ1n) is 4.71. The second-order valence-electron chi connectivity index (χ2n) is 3.17. The zero-order chi connectivity index (χ0) is 12.3. The summed E-state index contributed by atoms with van der Waals surface area (Å²) in [4.78, 5) is 22.0. The summed E-state index contributed by atoms with van der Waals surface area (Å²) in [7, 11) is 0. The molecule has 2 aromatic rings. The van der Waals surface area contributed by atoms with Crippen molar-refractivity contribution >= 4 is 23.9 Å². The lowest BCUT2D eigenvalue weighted by atomic mass is 10.2. The van der Waals surface area contributed by atoms with E-state index in [9.17, 15) is 9.59 Å². The highest BCUT2D eigenvalue weighted by Gasteiger charge is 2.13. The molecule has 0 spiro atoms. The number of aldehydes is 1. The van der Waals surface area contributed by atoms with Crippen LogP contribution in [-0.4, -0.2) is 12.3 Å². The molecule has 0 amide bonds. The van der Waals surface area contributed by atoms with Gasteiger partial charge in [-0.2, -0.15) is 0 Å². The van der Waals surface area contributed by atoms with Crippen molar-refractivity contribution in [1.82, 2.24) is 0 Å². The Morgan fingerprint density at radius 3 is 2.76 bits per heavy atom. The molecule has 0 bridgehead atoms. The Hall–Kier alpha value is -2.07. The monoisotopic (exact) mass is 250 g/mol. The van der Waals surface area contributed by atoms with Gasteiger partial charge in [0.2, 0.25) is 5.76 Å². The molecule has 0 aliphatic heterocycles. The summed E-state index contributed by atoms with van der Waals surface area (Å²) in [6, 6.07) is 7.43. The molecule has 0 radical (unpaired) electrons. The average Bonchev–Trinajstić information content (AvgIpc) is 2.85. The van der Waals surface area contributed by atoms with Gasteiger partial charge in [0.15, 0.2) is 0 Å². The number of rotatable bonds is 3. The van der Waals surface area contributed by atoms with E-state index in [2.05, 4.69) is 0 Å². The molecule has 0 saturated heterocycles. The van der Waals surface area contributed by atoms with Gasteiger partial charge in [-0.1, -0.05) is 11.6 Å². The van der Waals surface area contributed by atoms with Gasteiger partial charge >= 0.3 is 5.97 Å². The third kappa shape index (κ3) is 2.54. The Labute approximate surface area is 102 Å². The maximum Gasteiger partial charge on any atom is 0.379 e. The van der Waals surface area contributed by atoms with Gasteiger partial charge in [-0.3, -0.25) is 4.79 Å². The molecular weight excluding hydrogens is 244 g/mol. The number of carbonyl (C=O) groups is 2. The number of hydrogen-bond donors (Lipinski definition) is 0. The van der Waals surface area contributed by atoms with Crippen LogP contribution in [0.3, 0.4) is 0 Å². The van der Waals surface area contributed by atoms with Crippen molar-refractivity contribution in [2.75, 3.05) is 0 Å². The summed E-state index contributed by atoms with van der Waals surface area (Å²) in [5, 5.41) is 0.189. The molecule has 0 N–H and O–H groups in total. The van der Waals surface area contributed by atoms with E-state index in [-0.39, 0.29) is 16.5 Å². The smallest absolute Gasteiger partial charge is 0.379 e. The molecule has 1 aromatic heterocycles. The Bertz CT molecular complexity index is 546. The molecule has 1 heterocycles. The van der Waals surface area contributed by atoms with Crippen LogP contribution < -0.4 is 4.74 Å². The van der Waals surface area contributed by atoms with Crippen LogP contribution in [0.25, 0.3) is 0 Å². The first kappa shape index (κ1) is 11.4. The fourth-order valence-corrected chi connectivity index (χ4v) is 1.45. The average molecular weight is 251 g/mol. The van der Waals surface area contributed by atoms with Crippen molar-refractivity contribution in [2.45, 2.75) is 0 Å². The third-order valence-corrected chi connectivity index (χ3v) is 2.31. The molecule has 0 saturated carbocycles. The molecule has 86 valence electrons. The molecule has 5 heteroatoms. The predicted octanol–water partition coefficient (Wildman–Crippen LogP) is 2.96. The summed E-state index contributed by atoms with van der Waals surface area (Å²) in [5.74, 6) is -0.380. The van der Waals surface area contributed by atoms with Gasteiger partial charge in [0.1, 0.15) is 12.0 Å². The number of carbonyl (C=O) groups excluding carboxylic acids is 2. The number of furan rings is 1. The molecule has 17 heavy (non-hydrogen) atoms. The topological polar surface area (TPSA) is 56.5 Å². The Kier molecular flexibility index (Phi) is 3.25. The van der Waals surface area contributed by atoms with E-state index < -0.39 is 5.97 Å². The van der Waals surface area contributed by atoms with Gasteiger partial charge < -0.3 is 9.15 Å². The van der Waals surface area contributed by atoms with E-state index in [1.807, 2.05) is 0 Å².